The van der Waals surface area contributed by atoms with Crippen molar-refractivity contribution in [3.63, 3.8) is 0 Å². The molecule has 1 saturated heterocycles. The van der Waals surface area contributed by atoms with Gasteiger partial charge in [0, 0.05) is 5.56 Å². The van der Waals surface area contributed by atoms with Crippen LogP contribution < -0.4 is 20.9 Å². The minimum absolute atomic E-state index is 0.803. The predicted molar refractivity (Wildman–Crippen MR) is 107 cm³/mol. The Labute approximate surface area is 161 Å². The number of quaternary nitrogens is 1. The van der Waals surface area contributed by atoms with E-state index < -0.39 is 0 Å². The normalized spacial score (nSPS) is 17.4. The van der Waals surface area contributed by atoms with Crippen LogP contribution in [-0.2, 0) is 17.6 Å². The van der Waals surface area contributed by atoms with Gasteiger partial charge in [-0.1, -0.05) is 11.3 Å². The molecule has 27 heavy (non-hydrogen) atoms. The van der Waals surface area contributed by atoms with Crippen LogP contribution in [0.4, 0.5) is 11.6 Å². The lowest BCUT2D eigenvalue weighted by Gasteiger charge is -2.25. The molecule has 4 heterocycles. The molecule has 1 aliphatic carbocycles. The smallest absolute Gasteiger partial charge is 0.279 e. The van der Waals surface area contributed by atoms with Gasteiger partial charge in [-0.05, 0) is 31.2 Å². The number of thiophene rings is 1. The lowest BCUT2D eigenvalue weighted by Crippen LogP contribution is -2.53. The molecule has 0 atom stereocenters. The molecule has 5 rings (SSSR count). The van der Waals surface area contributed by atoms with E-state index in [0.717, 1.165) is 68.3 Å². The zero-order valence-electron chi connectivity index (χ0n) is 15.5. The van der Waals surface area contributed by atoms with Gasteiger partial charge in [-0.3, -0.25) is 4.90 Å². The second kappa shape index (κ2) is 7.18. The molecule has 0 bridgehead atoms. The molecule has 1 aliphatic heterocycles. The lowest BCUT2D eigenvalue weighted by atomic mass is 9.90. The van der Waals surface area contributed by atoms with Crippen molar-refractivity contribution in [2.45, 2.75) is 25.7 Å². The first-order chi connectivity index (χ1) is 13.4. The van der Waals surface area contributed by atoms with Crippen molar-refractivity contribution in [3.05, 3.63) is 17.5 Å². The molecule has 7 nitrogen and oxygen atoms in total. The van der Waals surface area contributed by atoms with E-state index in [1.165, 1.54) is 40.0 Å². The van der Waals surface area contributed by atoms with Gasteiger partial charge in [-0.25, -0.2) is 15.0 Å². The highest BCUT2D eigenvalue weighted by atomic mass is 32.1. The highest BCUT2D eigenvalue weighted by Crippen LogP contribution is 2.40. The van der Waals surface area contributed by atoms with Gasteiger partial charge in [0.1, 0.15) is 29.9 Å². The van der Waals surface area contributed by atoms with Crippen LogP contribution in [-0.4, -0.2) is 49.4 Å². The fraction of sp³-hybridized carbons (Fsp3) is 0.526. The molecule has 5 N–H and O–H groups in total. The van der Waals surface area contributed by atoms with Crippen molar-refractivity contribution >= 4 is 43.4 Å². The third kappa shape index (κ3) is 2.92. The Balaban J connectivity index is 1.73. The van der Waals surface area contributed by atoms with E-state index in [-0.39, 0.29) is 0 Å². The van der Waals surface area contributed by atoms with E-state index in [9.17, 15) is 0 Å². The van der Waals surface area contributed by atoms with Crippen LogP contribution in [0.2, 0.25) is 0 Å². The average molecular weight is 387 g/mol. The molecule has 3 aromatic heterocycles. The van der Waals surface area contributed by atoms with Gasteiger partial charge in [0.15, 0.2) is 4.83 Å². The van der Waals surface area contributed by atoms with E-state index in [1.54, 1.807) is 17.7 Å². The number of aromatic nitrogens is 3. The highest BCUT2D eigenvalue weighted by molar-refractivity contribution is 7.25. The molecule has 2 aliphatic rings. The lowest BCUT2D eigenvalue weighted by molar-refractivity contribution is -0.362. The van der Waals surface area contributed by atoms with Gasteiger partial charge in [-0.15, -0.1) is 0 Å². The maximum Gasteiger partial charge on any atom is 0.279 e. The molecule has 8 heteroatoms. The summed E-state index contributed by atoms with van der Waals surface area (Å²) >= 11 is 1.77. The number of anilines is 2. The van der Waals surface area contributed by atoms with Crippen LogP contribution in [0.3, 0.4) is 0 Å². The number of pyridine rings is 1. The molecule has 142 valence electrons. The van der Waals surface area contributed by atoms with E-state index >= 15 is 0 Å². The number of morpholine rings is 1. The number of hydrogen-bond donors (Lipinski definition) is 2. The quantitative estimate of drug-likeness (QED) is 0.699. The second-order valence-electron chi connectivity index (χ2n) is 7.22. The third-order valence-corrected chi connectivity index (χ3v) is 6.66. The van der Waals surface area contributed by atoms with Crippen molar-refractivity contribution in [1.29, 1.82) is 0 Å². The van der Waals surface area contributed by atoms with Crippen LogP contribution in [0.5, 0.6) is 0 Å². The number of ether oxygens (including phenoxy) is 1. The molecular weight excluding hydrogens is 360 g/mol. The van der Waals surface area contributed by atoms with Crippen LogP contribution >= 0.6 is 11.3 Å². The maximum absolute atomic E-state index is 5.57. The Morgan fingerprint density at radius 3 is 2.81 bits per heavy atom. The Bertz CT molecular complexity index is 981. The maximum atomic E-state index is 5.57. The van der Waals surface area contributed by atoms with Gasteiger partial charge in [0.05, 0.1) is 37.2 Å². The molecule has 0 spiro atoms. The van der Waals surface area contributed by atoms with Crippen molar-refractivity contribution in [3.8, 4) is 0 Å². The molecular formula is C19H26N6OS+2. The minimum atomic E-state index is 0.803. The summed E-state index contributed by atoms with van der Waals surface area (Å²) in [6.45, 7) is 5.17. The number of fused-ring (bicyclic) bond motifs is 5. The molecule has 3 aromatic rings. The first kappa shape index (κ1) is 17.1. The summed E-state index contributed by atoms with van der Waals surface area (Å²) in [4.78, 5) is 16.6. The number of aryl methyl sites for hydroxylation is 1. The molecule has 0 radical (unpaired) electrons. The van der Waals surface area contributed by atoms with E-state index in [2.05, 4.69) is 30.9 Å². The van der Waals surface area contributed by atoms with Gasteiger partial charge in [0.25, 0.3) is 5.82 Å². The highest BCUT2D eigenvalue weighted by Gasteiger charge is 2.30. The van der Waals surface area contributed by atoms with Gasteiger partial charge < -0.3 is 15.8 Å². The van der Waals surface area contributed by atoms with Crippen LogP contribution in [0.1, 0.15) is 24.0 Å². The summed E-state index contributed by atoms with van der Waals surface area (Å²) in [7, 11) is 0. The summed E-state index contributed by atoms with van der Waals surface area (Å²) in [6, 6.07) is 0. The molecule has 1 fully saturated rings. The Kier molecular flexibility index (Phi) is 4.55. The van der Waals surface area contributed by atoms with Crippen LogP contribution in [0, 0.1) is 0 Å². The zero-order chi connectivity index (χ0) is 18.2. The summed E-state index contributed by atoms with van der Waals surface area (Å²) in [5, 5.41) is 4.72. The number of aromatic amines is 1. The molecule has 0 aromatic carbocycles. The number of nitrogens with one attached hydrogen (secondary N) is 2. The summed E-state index contributed by atoms with van der Waals surface area (Å²) in [5.41, 5.74) is 7.98. The third-order valence-electron chi connectivity index (χ3n) is 5.56. The fourth-order valence-corrected chi connectivity index (χ4v) is 5.44. The summed E-state index contributed by atoms with van der Waals surface area (Å²) < 4.78 is 6.71. The predicted octanol–water partition coefficient (Wildman–Crippen LogP) is 1.03. The average Bonchev–Trinajstić information content (AvgIpc) is 3.11. The van der Waals surface area contributed by atoms with Gasteiger partial charge in [-0.2, -0.15) is 0 Å². The first-order valence-corrected chi connectivity index (χ1v) is 10.7. The SMILES string of the molecule is [NH3+]CCNc1ncnc2c1sc1[nH+]c(N3CCOCC3)c3c(c12)CCCC3. The van der Waals surface area contributed by atoms with Crippen molar-refractivity contribution in [1.82, 2.24) is 9.97 Å². The number of hydrogen-bond acceptors (Lipinski definition) is 6. The van der Waals surface area contributed by atoms with Crippen LogP contribution in [0.15, 0.2) is 6.33 Å². The summed E-state index contributed by atoms with van der Waals surface area (Å²) in [6.07, 6.45) is 6.48. The Morgan fingerprint density at radius 2 is 2.00 bits per heavy atom. The van der Waals surface area contributed by atoms with Crippen LogP contribution in [0.25, 0.3) is 20.4 Å². The molecule has 0 unspecified atom stereocenters. The number of rotatable bonds is 4. The monoisotopic (exact) mass is 386 g/mol. The Morgan fingerprint density at radius 1 is 1.19 bits per heavy atom. The fourth-order valence-electron chi connectivity index (χ4n) is 4.29. The zero-order valence-corrected chi connectivity index (χ0v) is 16.3. The second-order valence-corrected chi connectivity index (χ2v) is 8.24. The van der Waals surface area contributed by atoms with E-state index in [1.807, 2.05) is 0 Å². The van der Waals surface area contributed by atoms with E-state index in [0.29, 0.717) is 0 Å². The Hall–Kier alpha value is -2.03. The number of H-pyrrole nitrogens is 1. The largest absolute Gasteiger partial charge is 0.373 e. The number of nitrogens with zero attached hydrogens (tertiary/aromatic N) is 3. The van der Waals surface area contributed by atoms with Gasteiger partial charge >= 0.3 is 0 Å². The minimum Gasteiger partial charge on any atom is -0.373 e. The summed E-state index contributed by atoms with van der Waals surface area (Å²) in [5.74, 6) is 2.23. The van der Waals surface area contributed by atoms with Gasteiger partial charge in [0.2, 0.25) is 0 Å². The molecule has 0 amide bonds. The first-order valence-electron chi connectivity index (χ1n) is 9.87. The topological polar surface area (TPSA) is 92.1 Å². The van der Waals surface area contributed by atoms with Crippen molar-refractivity contribution in [2.24, 2.45) is 0 Å². The van der Waals surface area contributed by atoms with E-state index in [4.69, 9.17) is 4.74 Å². The van der Waals surface area contributed by atoms with Crippen molar-refractivity contribution in [2.75, 3.05) is 49.6 Å². The standard InChI is InChI=1S/C19H24N6OS/c20-5-6-21-17-16-15(22-11-23-17)14-12-3-1-2-4-13(12)18(24-19(14)27-16)25-7-9-26-10-8-25/h11H,1-10,20H2,(H,21,22,23)/p+2. The van der Waals surface area contributed by atoms with Crippen molar-refractivity contribution < 1.29 is 15.5 Å². The molecule has 0 saturated carbocycles.